The van der Waals surface area contributed by atoms with E-state index in [4.69, 9.17) is 4.74 Å². The summed E-state index contributed by atoms with van der Waals surface area (Å²) in [6, 6.07) is 8.62. The fourth-order valence-corrected chi connectivity index (χ4v) is 3.57. The summed E-state index contributed by atoms with van der Waals surface area (Å²) in [7, 11) is 1.61. The van der Waals surface area contributed by atoms with Crippen LogP contribution in [0.1, 0.15) is 65.1 Å². The molecule has 0 N–H and O–H groups in total. The maximum atomic E-state index is 12.7. The highest BCUT2D eigenvalue weighted by atomic mass is 16.5. The average Bonchev–Trinajstić information content (AvgIpc) is 3.05. The number of nitrogens with zero attached hydrogens (tertiary/aromatic N) is 4. The zero-order valence-corrected chi connectivity index (χ0v) is 15.3. The predicted molar refractivity (Wildman–Crippen MR) is 97.4 cm³/mol. The third-order valence-corrected chi connectivity index (χ3v) is 5.03. The van der Waals surface area contributed by atoms with E-state index in [2.05, 4.69) is 53.2 Å². The standard InChI is InChI=1S/C20H22N4O2/c1-12(2)13-4-6-14(7-5-13)15-8-17-16(18(25)9-15)10-21-20-22-19(11-26-3)23-24(17)20/h4-7,10,12,15H,8-9,11H2,1-3H3. The van der Waals surface area contributed by atoms with Crippen molar-refractivity contribution >= 4 is 11.6 Å². The van der Waals surface area contributed by atoms with Crippen LogP contribution in [0.2, 0.25) is 0 Å². The molecule has 134 valence electrons. The van der Waals surface area contributed by atoms with Gasteiger partial charge >= 0.3 is 0 Å². The van der Waals surface area contributed by atoms with Crippen LogP contribution < -0.4 is 0 Å². The Morgan fingerprint density at radius 1 is 1.23 bits per heavy atom. The number of ether oxygens (including phenoxy) is 1. The van der Waals surface area contributed by atoms with Crippen LogP contribution >= 0.6 is 0 Å². The van der Waals surface area contributed by atoms with Crippen LogP contribution in [-0.2, 0) is 17.8 Å². The fraction of sp³-hybridized carbons (Fsp3) is 0.400. The van der Waals surface area contributed by atoms with Crippen molar-refractivity contribution in [3.8, 4) is 0 Å². The average molecular weight is 350 g/mol. The molecular formula is C20H22N4O2. The smallest absolute Gasteiger partial charge is 0.252 e. The number of carbonyl (C=O) groups is 1. The molecule has 0 amide bonds. The molecule has 2 heterocycles. The van der Waals surface area contributed by atoms with Gasteiger partial charge in [0.05, 0.1) is 11.3 Å². The van der Waals surface area contributed by atoms with E-state index in [1.807, 2.05) is 0 Å². The number of aromatic nitrogens is 4. The number of benzene rings is 1. The number of ketones is 1. The maximum absolute atomic E-state index is 12.7. The number of hydrogen-bond acceptors (Lipinski definition) is 5. The first kappa shape index (κ1) is 16.8. The number of carbonyl (C=O) groups excluding carboxylic acids is 1. The van der Waals surface area contributed by atoms with E-state index in [9.17, 15) is 4.79 Å². The van der Waals surface area contributed by atoms with E-state index in [0.29, 0.717) is 36.1 Å². The van der Waals surface area contributed by atoms with Gasteiger partial charge in [-0.3, -0.25) is 4.79 Å². The van der Waals surface area contributed by atoms with Gasteiger partial charge in [-0.15, -0.1) is 5.10 Å². The Balaban J connectivity index is 1.72. The van der Waals surface area contributed by atoms with E-state index in [1.165, 1.54) is 11.1 Å². The Morgan fingerprint density at radius 3 is 2.69 bits per heavy atom. The molecule has 1 aliphatic rings. The van der Waals surface area contributed by atoms with E-state index < -0.39 is 0 Å². The van der Waals surface area contributed by atoms with Crippen molar-refractivity contribution in [1.82, 2.24) is 19.6 Å². The molecule has 1 unspecified atom stereocenters. The molecule has 0 aliphatic heterocycles. The van der Waals surface area contributed by atoms with Crippen LogP contribution in [0.3, 0.4) is 0 Å². The van der Waals surface area contributed by atoms with Gasteiger partial charge < -0.3 is 4.74 Å². The Labute approximate surface area is 152 Å². The second-order valence-electron chi connectivity index (χ2n) is 7.14. The number of Topliss-reactive ketones (excluding diaryl/α,β-unsaturated/α-hetero) is 1. The molecule has 1 aromatic carbocycles. The minimum atomic E-state index is 0.113. The normalized spacial score (nSPS) is 17.1. The van der Waals surface area contributed by atoms with Gasteiger partial charge in [-0.25, -0.2) is 9.50 Å². The van der Waals surface area contributed by atoms with Gasteiger partial charge in [-0.05, 0) is 29.4 Å². The first-order chi connectivity index (χ1) is 12.6. The Bertz CT molecular complexity index is 960. The predicted octanol–water partition coefficient (Wildman–Crippen LogP) is 3.31. The zero-order valence-electron chi connectivity index (χ0n) is 15.3. The van der Waals surface area contributed by atoms with Gasteiger partial charge in [0, 0.05) is 19.7 Å². The molecule has 1 atom stereocenters. The molecule has 2 aromatic heterocycles. The lowest BCUT2D eigenvalue weighted by Gasteiger charge is -2.24. The summed E-state index contributed by atoms with van der Waals surface area (Å²) in [5.41, 5.74) is 4.04. The molecule has 3 aromatic rings. The Kier molecular flexibility index (Phi) is 4.28. The largest absolute Gasteiger partial charge is 0.377 e. The summed E-state index contributed by atoms with van der Waals surface area (Å²) in [6.07, 6.45) is 2.88. The number of methoxy groups -OCH3 is 1. The molecule has 26 heavy (non-hydrogen) atoms. The Hall–Kier alpha value is -2.60. The minimum Gasteiger partial charge on any atom is -0.377 e. The highest BCUT2D eigenvalue weighted by Gasteiger charge is 2.29. The van der Waals surface area contributed by atoms with Gasteiger partial charge in [-0.2, -0.15) is 4.98 Å². The molecule has 6 nitrogen and oxygen atoms in total. The van der Waals surface area contributed by atoms with Crippen molar-refractivity contribution in [3.63, 3.8) is 0 Å². The topological polar surface area (TPSA) is 69.4 Å². The van der Waals surface area contributed by atoms with Crippen LogP contribution in [0.4, 0.5) is 0 Å². The van der Waals surface area contributed by atoms with Crippen molar-refractivity contribution in [2.24, 2.45) is 0 Å². The summed E-state index contributed by atoms with van der Waals surface area (Å²) >= 11 is 0. The van der Waals surface area contributed by atoms with E-state index >= 15 is 0 Å². The number of fused-ring (bicyclic) bond motifs is 3. The second-order valence-corrected chi connectivity index (χ2v) is 7.14. The number of rotatable bonds is 4. The highest BCUT2D eigenvalue weighted by Crippen LogP contribution is 2.33. The second kappa shape index (κ2) is 6.61. The Morgan fingerprint density at radius 2 is 2.00 bits per heavy atom. The molecule has 1 aliphatic carbocycles. The molecule has 4 rings (SSSR count). The molecular weight excluding hydrogens is 328 g/mol. The van der Waals surface area contributed by atoms with Crippen molar-refractivity contribution in [1.29, 1.82) is 0 Å². The summed E-state index contributed by atoms with van der Waals surface area (Å²) in [5, 5.41) is 4.48. The van der Waals surface area contributed by atoms with Gasteiger partial charge in [-0.1, -0.05) is 38.1 Å². The van der Waals surface area contributed by atoms with Crippen LogP contribution in [0, 0.1) is 0 Å². The molecule has 6 heteroatoms. The molecule has 0 bridgehead atoms. The van der Waals surface area contributed by atoms with Crippen molar-refractivity contribution in [3.05, 3.63) is 58.7 Å². The summed E-state index contributed by atoms with van der Waals surface area (Å²) in [4.78, 5) is 21.4. The SMILES string of the molecule is COCc1nc2ncc3c(n2n1)CC(c1ccc(C(C)C)cc1)CC3=O. The third kappa shape index (κ3) is 2.90. The summed E-state index contributed by atoms with van der Waals surface area (Å²) in [5.74, 6) is 1.85. The monoisotopic (exact) mass is 350 g/mol. The van der Waals surface area contributed by atoms with Crippen LogP contribution in [0.5, 0.6) is 0 Å². The first-order valence-corrected chi connectivity index (χ1v) is 8.92. The third-order valence-electron chi connectivity index (χ3n) is 5.03. The van der Waals surface area contributed by atoms with Crippen molar-refractivity contribution in [2.75, 3.05) is 7.11 Å². The quantitative estimate of drug-likeness (QED) is 0.722. The molecule has 0 saturated heterocycles. The van der Waals surface area contributed by atoms with Crippen molar-refractivity contribution < 1.29 is 9.53 Å². The summed E-state index contributed by atoms with van der Waals surface area (Å²) < 4.78 is 6.82. The zero-order chi connectivity index (χ0) is 18.3. The molecule has 0 saturated carbocycles. The van der Waals surface area contributed by atoms with Crippen LogP contribution in [-0.4, -0.2) is 32.5 Å². The van der Waals surface area contributed by atoms with Gasteiger partial charge in [0.25, 0.3) is 5.78 Å². The number of hydrogen-bond donors (Lipinski definition) is 0. The summed E-state index contributed by atoms with van der Waals surface area (Å²) in [6.45, 7) is 4.69. The van der Waals surface area contributed by atoms with E-state index in [0.717, 1.165) is 12.1 Å². The lowest BCUT2D eigenvalue weighted by molar-refractivity contribution is 0.0962. The maximum Gasteiger partial charge on any atom is 0.252 e. The molecule has 0 fully saturated rings. The molecule has 0 radical (unpaired) electrons. The lowest BCUT2D eigenvalue weighted by atomic mass is 9.81. The minimum absolute atomic E-state index is 0.113. The van der Waals surface area contributed by atoms with E-state index in [1.54, 1.807) is 17.8 Å². The first-order valence-electron chi connectivity index (χ1n) is 8.92. The lowest BCUT2D eigenvalue weighted by Crippen LogP contribution is -2.22. The van der Waals surface area contributed by atoms with Gasteiger partial charge in [0.1, 0.15) is 6.61 Å². The van der Waals surface area contributed by atoms with Crippen molar-refractivity contribution in [2.45, 2.75) is 45.1 Å². The van der Waals surface area contributed by atoms with Gasteiger partial charge in [0.2, 0.25) is 0 Å². The molecule has 0 spiro atoms. The highest BCUT2D eigenvalue weighted by molar-refractivity contribution is 5.98. The fourth-order valence-electron chi connectivity index (χ4n) is 3.57. The van der Waals surface area contributed by atoms with Crippen LogP contribution in [0.25, 0.3) is 5.78 Å². The van der Waals surface area contributed by atoms with Gasteiger partial charge in [0.15, 0.2) is 11.6 Å². The van der Waals surface area contributed by atoms with E-state index in [-0.39, 0.29) is 11.7 Å². The van der Waals surface area contributed by atoms with Crippen LogP contribution in [0.15, 0.2) is 30.5 Å².